The number of para-hydroxylation sites is 1. The first-order valence-corrected chi connectivity index (χ1v) is 13.2. The number of hydrogen-bond donors (Lipinski definition) is 0. The van der Waals surface area contributed by atoms with Crippen LogP contribution in [0.5, 0.6) is 0 Å². The van der Waals surface area contributed by atoms with Crippen LogP contribution in [0.15, 0.2) is 69.9 Å². The van der Waals surface area contributed by atoms with Gasteiger partial charge in [-0.2, -0.15) is 4.31 Å². The predicted molar refractivity (Wildman–Crippen MR) is 125 cm³/mol. The van der Waals surface area contributed by atoms with E-state index >= 15 is 0 Å². The van der Waals surface area contributed by atoms with Crippen LogP contribution in [-0.4, -0.2) is 65.2 Å². The summed E-state index contributed by atoms with van der Waals surface area (Å²) in [5.74, 6) is 0.205. The molecule has 4 rings (SSSR count). The zero-order valence-corrected chi connectivity index (χ0v) is 19.7. The van der Waals surface area contributed by atoms with Gasteiger partial charge in [-0.25, -0.2) is 13.1 Å². The summed E-state index contributed by atoms with van der Waals surface area (Å²) in [7, 11) is -3.53. The van der Waals surface area contributed by atoms with Gasteiger partial charge in [0.15, 0.2) is 8.29 Å². The molecule has 1 aromatic heterocycles. The van der Waals surface area contributed by atoms with E-state index in [4.69, 9.17) is 12.2 Å². The number of sulfonamides is 1. The Hall–Kier alpha value is -2.05. The van der Waals surface area contributed by atoms with Gasteiger partial charge in [-0.05, 0) is 36.5 Å². The molecule has 1 aliphatic heterocycles. The molecule has 0 N–H and O–H groups in total. The Bertz CT molecular complexity index is 1200. The summed E-state index contributed by atoms with van der Waals surface area (Å²) in [6, 6.07) is 18.0. The van der Waals surface area contributed by atoms with Crippen LogP contribution in [0.3, 0.4) is 0 Å². The van der Waals surface area contributed by atoms with Crippen molar-refractivity contribution in [1.82, 2.24) is 19.0 Å². The molecule has 2 heterocycles. The first-order chi connectivity index (χ1) is 14.9. The molecular formula is C20H20N4O3S4. The third-order valence-electron chi connectivity index (χ3n) is 4.82. The van der Waals surface area contributed by atoms with Gasteiger partial charge < -0.3 is 4.90 Å². The van der Waals surface area contributed by atoms with Crippen molar-refractivity contribution < 1.29 is 13.2 Å². The summed E-state index contributed by atoms with van der Waals surface area (Å²) in [6.07, 6.45) is 0. The van der Waals surface area contributed by atoms with Gasteiger partial charge in [-0.3, -0.25) is 4.79 Å². The van der Waals surface area contributed by atoms with Crippen molar-refractivity contribution in [1.29, 1.82) is 0 Å². The van der Waals surface area contributed by atoms with E-state index in [-0.39, 0.29) is 29.6 Å². The van der Waals surface area contributed by atoms with Gasteiger partial charge in [0.2, 0.25) is 15.9 Å². The number of rotatable bonds is 6. The highest BCUT2D eigenvalue weighted by Crippen LogP contribution is 2.25. The van der Waals surface area contributed by atoms with Crippen molar-refractivity contribution in [2.75, 3.05) is 31.9 Å². The number of benzene rings is 2. The molecule has 1 saturated heterocycles. The number of hydrogen-bond acceptors (Lipinski definition) is 7. The molecule has 0 aliphatic carbocycles. The van der Waals surface area contributed by atoms with Crippen molar-refractivity contribution in [2.45, 2.75) is 9.24 Å². The standard InChI is InChI=1S/C20H20N4O3S4/c25-18(15-29-19-21-24(20(28)30-19)16-7-3-1-4-8-16)22-11-13-23(14-12-22)31(26,27)17-9-5-2-6-10-17/h1-10H,11-15H2. The predicted octanol–water partition coefficient (Wildman–Crippen LogP) is 3.29. The average Bonchev–Trinajstić information content (AvgIpc) is 3.19. The molecule has 1 amide bonds. The van der Waals surface area contributed by atoms with Crippen LogP contribution >= 0.6 is 35.3 Å². The first-order valence-electron chi connectivity index (χ1n) is 9.56. The molecule has 7 nitrogen and oxygen atoms in total. The van der Waals surface area contributed by atoms with E-state index in [0.29, 0.717) is 17.0 Å². The summed E-state index contributed by atoms with van der Waals surface area (Å²) in [6.45, 7) is 1.32. The lowest BCUT2D eigenvalue weighted by atomic mass is 10.3. The molecule has 31 heavy (non-hydrogen) atoms. The molecule has 3 aromatic rings. The van der Waals surface area contributed by atoms with E-state index in [0.717, 1.165) is 10.0 Å². The van der Waals surface area contributed by atoms with Gasteiger partial charge in [-0.15, -0.1) is 5.10 Å². The van der Waals surface area contributed by atoms with Crippen molar-refractivity contribution in [3.8, 4) is 5.69 Å². The topological polar surface area (TPSA) is 75.5 Å². The van der Waals surface area contributed by atoms with Crippen molar-refractivity contribution in [2.24, 2.45) is 0 Å². The van der Waals surface area contributed by atoms with Gasteiger partial charge in [0, 0.05) is 26.2 Å². The van der Waals surface area contributed by atoms with Gasteiger partial charge in [0.1, 0.15) is 0 Å². The van der Waals surface area contributed by atoms with Crippen molar-refractivity contribution in [3.05, 3.63) is 64.6 Å². The minimum Gasteiger partial charge on any atom is -0.339 e. The highest BCUT2D eigenvalue weighted by Gasteiger charge is 2.30. The van der Waals surface area contributed by atoms with Crippen LogP contribution in [0, 0.1) is 3.95 Å². The number of thioether (sulfide) groups is 1. The second-order valence-corrected chi connectivity index (χ2v) is 11.6. The number of aromatic nitrogens is 2. The summed E-state index contributed by atoms with van der Waals surface area (Å²) >= 11 is 8.12. The lowest BCUT2D eigenvalue weighted by Gasteiger charge is -2.34. The maximum absolute atomic E-state index is 12.7. The molecule has 0 spiro atoms. The van der Waals surface area contributed by atoms with Gasteiger partial charge in [0.25, 0.3) is 0 Å². The second kappa shape index (κ2) is 9.61. The highest BCUT2D eigenvalue weighted by molar-refractivity contribution is 8.01. The van der Waals surface area contributed by atoms with Crippen LogP contribution in [-0.2, 0) is 14.8 Å². The van der Waals surface area contributed by atoms with E-state index < -0.39 is 10.0 Å². The lowest BCUT2D eigenvalue weighted by molar-refractivity contribution is -0.129. The maximum Gasteiger partial charge on any atom is 0.243 e. The van der Waals surface area contributed by atoms with Crippen molar-refractivity contribution in [3.63, 3.8) is 0 Å². The third kappa shape index (κ3) is 5.07. The number of amides is 1. The largest absolute Gasteiger partial charge is 0.339 e. The molecule has 1 aliphatic rings. The zero-order chi connectivity index (χ0) is 21.8. The third-order valence-corrected chi connectivity index (χ3v) is 9.08. The SMILES string of the molecule is O=C(CSc1nn(-c2ccccc2)c(=S)s1)N1CCN(S(=O)(=O)c2ccccc2)CC1. The molecule has 0 atom stereocenters. The summed E-state index contributed by atoms with van der Waals surface area (Å²) in [5.41, 5.74) is 0.887. The van der Waals surface area contributed by atoms with Crippen LogP contribution in [0.25, 0.3) is 5.69 Å². The molecule has 0 unspecified atom stereocenters. The monoisotopic (exact) mass is 492 g/mol. The Labute approximate surface area is 194 Å². The molecule has 0 radical (unpaired) electrons. The van der Waals surface area contributed by atoms with E-state index in [2.05, 4.69) is 5.10 Å². The molecule has 1 fully saturated rings. The normalized spacial score (nSPS) is 15.2. The quantitative estimate of drug-likeness (QED) is 0.388. The molecule has 2 aromatic carbocycles. The minimum absolute atomic E-state index is 0.0332. The second-order valence-electron chi connectivity index (χ2n) is 6.77. The zero-order valence-electron chi connectivity index (χ0n) is 16.5. The van der Waals surface area contributed by atoms with Crippen LogP contribution < -0.4 is 0 Å². The maximum atomic E-state index is 12.7. The van der Waals surface area contributed by atoms with Crippen LogP contribution in [0.4, 0.5) is 0 Å². The molecule has 0 saturated carbocycles. The van der Waals surface area contributed by atoms with Gasteiger partial charge in [-0.1, -0.05) is 59.5 Å². The molecular weight excluding hydrogens is 473 g/mol. The summed E-state index contributed by atoms with van der Waals surface area (Å²) < 4.78 is 29.9. The van der Waals surface area contributed by atoms with E-state index in [1.807, 2.05) is 30.3 Å². The smallest absolute Gasteiger partial charge is 0.243 e. The lowest BCUT2D eigenvalue weighted by Crippen LogP contribution is -2.50. The summed E-state index contributed by atoms with van der Waals surface area (Å²) in [4.78, 5) is 14.6. The number of carbonyl (C=O) groups excluding carboxylic acids is 1. The average molecular weight is 493 g/mol. The van der Waals surface area contributed by atoms with E-state index in [1.165, 1.54) is 27.4 Å². The number of piperazine rings is 1. The Morgan fingerprint density at radius 2 is 1.61 bits per heavy atom. The summed E-state index contributed by atoms with van der Waals surface area (Å²) in [5, 5.41) is 4.51. The Morgan fingerprint density at radius 3 is 2.26 bits per heavy atom. The fraction of sp³-hybridized carbons (Fsp3) is 0.250. The number of nitrogens with zero attached hydrogens (tertiary/aromatic N) is 4. The molecule has 162 valence electrons. The van der Waals surface area contributed by atoms with E-state index in [9.17, 15) is 13.2 Å². The fourth-order valence-corrected chi connectivity index (χ4v) is 6.89. The Kier molecular flexibility index (Phi) is 6.87. The molecule has 0 bridgehead atoms. The fourth-order valence-electron chi connectivity index (χ4n) is 3.19. The van der Waals surface area contributed by atoms with Crippen molar-refractivity contribution >= 4 is 51.2 Å². The Morgan fingerprint density at radius 1 is 1.00 bits per heavy atom. The van der Waals surface area contributed by atoms with Gasteiger partial charge in [0.05, 0.1) is 16.3 Å². The van der Waals surface area contributed by atoms with Crippen LogP contribution in [0.2, 0.25) is 0 Å². The molecule has 11 heteroatoms. The van der Waals surface area contributed by atoms with E-state index in [1.54, 1.807) is 39.9 Å². The Balaban J connectivity index is 1.33. The highest BCUT2D eigenvalue weighted by atomic mass is 32.2. The van der Waals surface area contributed by atoms with Gasteiger partial charge >= 0.3 is 0 Å². The number of carbonyl (C=O) groups is 1. The minimum atomic E-state index is -3.53. The van der Waals surface area contributed by atoms with Crippen LogP contribution in [0.1, 0.15) is 0 Å². The first kappa shape index (κ1) is 22.2.